The summed E-state index contributed by atoms with van der Waals surface area (Å²) in [6.07, 6.45) is 0.234. The molecule has 2 aromatic rings. The van der Waals surface area contributed by atoms with Gasteiger partial charge in [0.15, 0.2) is 0 Å². The number of nitrogens with zero attached hydrogens (tertiary/aromatic N) is 3. The minimum atomic E-state index is -3.75. The molecule has 0 fully saturated rings. The van der Waals surface area contributed by atoms with Gasteiger partial charge >= 0.3 is 0 Å². The SMILES string of the molecule is Cc1nc(NS(=O)(=O)c2ccc(CC#N)cc2)no1. The Kier molecular flexibility index (Phi) is 3.48. The summed E-state index contributed by atoms with van der Waals surface area (Å²) in [7, 11) is -3.75. The topological polar surface area (TPSA) is 109 Å². The predicted octanol–water partition coefficient (Wildman–Crippen LogP) is 1.24. The number of hydrogen-bond donors (Lipinski definition) is 1. The second-order valence-corrected chi connectivity index (χ2v) is 5.40. The molecule has 1 N–H and O–H groups in total. The molecule has 19 heavy (non-hydrogen) atoms. The zero-order valence-corrected chi connectivity index (χ0v) is 10.8. The summed E-state index contributed by atoms with van der Waals surface area (Å²) in [6, 6.07) is 7.99. The van der Waals surface area contributed by atoms with E-state index in [2.05, 4.69) is 19.4 Å². The molecule has 0 saturated carbocycles. The van der Waals surface area contributed by atoms with Crippen LogP contribution in [0.2, 0.25) is 0 Å². The fourth-order valence-corrected chi connectivity index (χ4v) is 2.33. The monoisotopic (exact) mass is 278 g/mol. The number of nitriles is 1. The lowest BCUT2D eigenvalue weighted by molar-refractivity contribution is 0.395. The van der Waals surface area contributed by atoms with Gasteiger partial charge in [-0.25, -0.2) is 13.1 Å². The first kappa shape index (κ1) is 13.0. The Morgan fingerprint density at radius 3 is 2.58 bits per heavy atom. The highest BCUT2D eigenvalue weighted by atomic mass is 32.2. The second kappa shape index (κ2) is 5.07. The molecule has 1 aromatic carbocycles. The molecule has 98 valence electrons. The third kappa shape index (κ3) is 3.08. The van der Waals surface area contributed by atoms with E-state index in [4.69, 9.17) is 5.26 Å². The summed E-state index contributed by atoms with van der Waals surface area (Å²) in [5.74, 6) is 0.153. The van der Waals surface area contributed by atoms with Crippen molar-refractivity contribution in [3.63, 3.8) is 0 Å². The number of aryl methyl sites for hydroxylation is 1. The van der Waals surface area contributed by atoms with E-state index in [0.717, 1.165) is 5.56 Å². The largest absolute Gasteiger partial charge is 0.338 e. The lowest BCUT2D eigenvalue weighted by Gasteiger charge is -2.04. The molecule has 2 rings (SSSR count). The van der Waals surface area contributed by atoms with E-state index in [-0.39, 0.29) is 23.2 Å². The molecule has 1 aromatic heterocycles. The van der Waals surface area contributed by atoms with Crippen LogP contribution in [0.3, 0.4) is 0 Å². The van der Waals surface area contributed by atoms with Gasteiger partial charge in [0.2, 0.25) is 5.89 Å². The predicted molar refractivity (Wildman–Crippen MR) is 65.6 cm³/mol. The van der Waals surface area contributed by atoms with E-state index in [1.807, 2.05) is 6.07 Å². The van der Waals surface area contributed by atoms with Gasteiger partial charge in [0.1, 0.15) is 0 Å². The molecule has 0 aliphatic rings. The highest BCUT2D eigenvalue weighted by molar-refractivity contribution is 7.92. The smallest absolute Gasteiger partial charge is 0.277 e. The first-order valence-corrected chi connectivity index (χ1v) is 6.78. The molecule has 0 bridgehead atoms. The number of benzene rings is 1. The number of rotatable bonds is 4. The van der Waals surface area contributed by atoms with Gasteiger partial charge in [-0.15, -0.1) is 0 Å². The molecule has 8 heteroatoms. The zero-order chi connectivity index (χ0) is 13.9. The van der Waals surface area contributed by atoms with Crippen molar-refractivity contribution in [1.29, 1.82) is 5.26 Å². The number of hydrogen-bond acceptors (Lipinski definition) is 6. The molecular formula is C11H10N4O3S. The van der Waals surface area contributed by atoms with Crippen LogP contribution in [0.5, 0.6) is 0 Å². The maximum Gasteiger partial charge on any atom is 0.277 e. The van der Waals surface area contributed by atoms with Gasteiger partial charge in [-0.3, -0.25) is 0 Å². The van der Waals surface area contributed by atoms with Crippen molar-refractivity contribution < 1.29 is 12.9 Å². The van der Waals surface area contributed by atoms with Crippen molar-refractivity contribution in [3.8, 4) is 6.07 Å². The van der Waals surface area contributed by atoms with Crippen LogP contribution in [-0.4, -0.2) is 18.6 Å². The maximum atomic E-state index is 12.0. The van der Waals surface area contributed by atoms with Gasteiger partial charge in [-0.2, -0.15) is 10.2 Å². The lowest BCUT2D eigenvalue weighted by atomic mass is 10.2. The van der Waals surface area contributed by atoms with Crippen LogP contribution in [0, 0.1) is 18.3 Å². The summed E-state index contributed by atoms with van der Waals surface area (Å²) >= 11 is 0. The van der Waals surface area contributed by atoms with Gasteiger partial charge in [-0.1, -0.05) is 12.1 Å². The molecule has 0 amide bonds. The lowest BCUT2D eigenvalue weighted by Crippen LogP contribution is -2.13. The van der Waals surface area contributed by atoms with E-state index in [0.29, 0.717) is 0 Å². The molecule has 0 saturated heterocycles. The van der Waals surface area contributed by atoms with Crippen LogP contribution < -0.4 is 4.72 Å². The van der Waals surface area contributed by atoms with Crippen LogP contribution >= 0.6 is 0 Å². The van der Waals surface area contributed by atoms with E-state index >= 15 is 0 Å². The average Bonchev–Trinajstić information content (AvgIpc) is 2.75. The normalized spacial score (nSPS) is 10.9. The van der Waals surface area contributed by atoms with Crippen molar-refractivity contribution >= 4 is 16.0 Å². The Bertz CT molecular complexity index is 713. The van der Waals surface area contributed by atoms with Gasteiger partial charge in [0.05, 0.1) is 17.4 Å². The summed E-state index contributed by atoms with van der Waals surface area (Å²) in [5.41, 5.74) is 0.747. The third-order valence-corrected chi connectivity index (χ3v) is 3.61. The Labute approximate surface area is 109 Å². The molecule has 0 aliphatic carbocycles. The minimum absolute atomic E-state index is 0.0663. The van der Waals surface area contributed by atoms with Gasteiger partial charge < -0.3 is 4.52 Å². The highest BCUT2D eigenvalue weighted by Crippen LogP contribution is 2.14. The quantitative estimate of drug-likeness (QED) is 0.901. The molecule has 1 heterocycles. The van der Waals surface area contributed by atoms with Crippen molar-refractivity contribution in [2.24, 2.45) is 0 Å². The number of anilines is 1. The number of nitrogens with one attached hydrogen (secondary N) is 1. The Balaban J connectivity index is 2.22. The van der Waals surface area contributed by atoms with Crippen molar-refractivity contribution in [2.75, 3.05) is 4.72 Å². The van der Waals surface area contributed by atoms with Gasteiger partial charge in [0.25, 0.3) is 16.0 Å². The Hall–Kier alpha value is -2.40. The second-order valence-electron chi connectivity index (χ2n) is 3.72. The zero-order valence-electron chi connectivity index (χ0n) is 9.99. The van der Waals surface area contributed by atoms with Crippen molar-refractivity contribution in [3.05, 3.63) is 35.7 Å². The van der Waals surface area contributed by atoms with E-state index < -0.39 is 10.0 Å². The molecule has 0 unspecified atom stereocenters. The van der Waals surface area contributed by atoms with Crippen LogP contribution in [-0.2, 0) is 16.4 Å². The third-order valence-electron chi connectivity index (χ3n) is 2.27. The fraction of sp³-hybridized carbons (Fsp3) is 0.182. The van der Waals surface area contributed by atoms with Crippen LogP contribution in [0.4, 0.5) is 5.95 Å². The summed E-state index contributed by atoms with van der Waals surface area (Å²) in [5, 5.41) is 12.0. The van der Waals surface area contributed by atoms with Gasteiger partial charge in [-0.05, 0) is 22.9 Å². The molecule has 7 nitrogen and oxygen atoms in total. The van der Waals surface area contributed by atoms with Crippen molar-refractivity contribution in [2.45, 2.75) is 18.2 Å². The average molecular weight is 278 g/mol. The van der Waals surface area contributed by atoms with Crippen LogP contribution in [0.1, 0.15) is 11.5 Å². The van der Waals surface area contributed by atoms with E-state index in [9.17, 15) is 8.42 Å². The first-order valence-electron chi connectivity index (χ1n) is 5.30. The number of sulfonamides is 1. The number of aromatic nitrogens is 2. The molecule has 0 atom stereocenters. The van der Waals surface area contributed by atoms with E-state index in [1.54, 1.807) is 19.1 Å². The molecule has 0 aliphatic heterocycles. The van der Waals surface area contributed by atoms with Crippen molar-refractivity contribution in [1.82, 2.24) is 10.1 Å². The maximum absolute atomic E-state index is 12.0. The molecular weight excluding hydrogens is 268 g/mol. The summed E-state index contributed by atoms with van der Waals surface area (Å²) < 4.78 is 30.8. The van der Waals surface area contributed by atoms with Crippen LogP contribution in [0.25, 0.3) is 0 Å². The van der Waals surface area contributed by atoms with Gasteiger partial charge in [0, 0.05) is 6.92 Å². The summed E-state index contributed by atoms with van der Waals surface area (Å²) in [4.78, 5) is 3.82. The minimum Gasteiger partial charge on any atom is -0.338 e. The molecule has 0 spiro atoms. The Morgan fingerprint density at radius 2 is 2.05 bits per heavy atom. The Morgan fingerprint density at radius 1 is 1.37 bits per heavy atom. The van der Waals surface area contributed by atoms with E-state index in [1.165, 1.54) is 12.1 Å². The first-order chi connectivity index (χ1) is 9.01. The molecule has 0 radical (unpaired) electrons. The fourth-order valence-electron chi connectivity index (χ4n) is 1.40. The summed E-state index contributed by atoms with van der Waals surface area (Å²) in [6.45, 7) is 1.56. The van der Waals surface area contributed by atoms with Crippen LogP contribution in [0.15, 0.2) is 33.7 Å². The standard InChI is InChI=1S/C11H10N4O3S/c1-8-13-11(14-18-8)15-19(16,17)10-4-2-9(3-5-10)6-7-12/h2-5H,6H2,1H3,(H,14,15). The highest BCUT2D eigenvalue weighted by Gasteiger charge is 2.16.